The molecule has 40 heavy (non-hydrogen) atoms. The molecule has 12 heteroatoms. The lowest BCUT2D eigenvalue weighted by atomic mass is 9.77. The van der Waals surface area contributed by atoms with E-state index >= 15 is 0 Å². The molecule has 0 saturated carbocycles. The van der Waals surface area contributed by atoms with Crippen molar-refractivity contribution in [3.8, 4) is 0 Å². The molecule has 9 nitrogen and oxygen atoms in total. The standard InChI is InChI=1S/C28H37BrClN5O4S/c1-16-10-33(26(37)38)12-20(27(2,3)4)34(16)24-18-9-19(30)21(29)23-22(18)35(25(36)31-24)17(13-40-23)11-32-7-5-28(6-8-32)14-39-15-28/h9,16-17,20H,5-8,10-15H2,1-4H3,(H,37,38)/t16?,17-,20?/m0/s1. The largest absolute Gasteiger partial charge is 0.465 e. The summed E-state index contributed by atoms with van der Waals surface area (Å²) in [5, 5.41) is 11.2. The van der Waals surface area contributed by atoms with Gasteiger partial charge in [0.2, 0.25) is 0 Å². The van der Waals surface area contributed by atoms with Gasteiger partial charge in [0.25, 0.3) is 0 Å². The van der Waals surface area contributed by atoms with Gasteiger partial charge in [-0.3, -0.25) is 4.57 Å². The molecule has 5 heterocycles. The molecule has 1 N–H and O–H groups in total. The zero-order chi connectivity index (χ0) is 28.6. The highest BCUT2D eigenvalue weighted by molar-refractivity contribution is 9.10. The molecule has 3 fully saturated rings. The number of thioether (sulfide) groups is 1. The lowest BCUT2D eigenvalue weighted by molar-refractivity contribution is -0.140. The summed E-state index contributed by atoms with van der Waals surface area (Å²) < 4.78 is 8.20. The van der Waals surface area contributed by atoms with E-state index < -0.39 is 6.09 Å². The summed E-state index contributed by atoms with van der Waals surface area (Å²) in [7, 11) is 0. The molecule has 1 aromatic carbocycles. The van der Waals surface area contributed by atoms with Crippen molar-refractivity contribution >= 4 is 62.1 Å². The Morgan fingerprint density at radius 2 is 1.98 bits per heavy atom. The van der Waals surface area contributed by atoms with Gasteiger partial charge in [0.1, 0.15) is 5.82 Å². The topological polar surface area (TPSA) is 91.1 Å². The number of ether oxygens (including phenoxy) is 1. The number of likely N-dealkylation sites (tertiary alicyclic amines) is 1. The van der Waals surface area contributed by atoms with Gasteiger partial charge >= 0.3 is 11.8 Å². The van der Waals surface area contributed by atoms with E-state index in [0.29, 0.717) is 29.3 Å². The molecule has 2 aromatic rings. The minimum absolute atomic E-state index is 0.00601. The Kier molecular flexibility index (Phi) is 7.38. The molecule has 0 bridgehead atoms. The van der Waals surface area contributed by atoms with E-state index in [-0.39, 0.29) is 29.2 Å². The first kappa shape index (κ1) is 28.6. The number of halogens is 2. The molecule has 4 aliphatic rings. The zero-order valence-electron chi connectivity index (χ0n) is 23.5. The van der Waals surface area contributed by atoms with Gasteiger partial charge in [-0.25, -0.2) is 9.59 Å². The number of rotatable bonds is 3. The van der Waals surface area contributed by atoms with Crippen LogP contribution in [0.5, 0.6) is 0 Å². The first-order chi connectivity index (χ1) is 18.9. The van der Waals surface area contributed by atoms with Crippen molar-refractivity contribution in [1.29, 1.82) is 0 Å². The van der Waals surface area contributed by atoms with Gasteiger partial charge in [0.15, 0.2) is 0 Å². The molecule has 1 amide bonds. The van der Waals surface area contributed by atoms with Crippen LogP contribution in [0.2, 0.25) is 5.02 Å². The summed E-state index contributed by atoms with van der Waals surface area (Å²) in [5.41, 5.74) is 0.710. The van der Waals surface area contributed by atoms with E-state index in [0.717, 1.165) is 71.7 Å². The number of hydrogen-bond acceptors (Lipinski definition) is 7. The van der Waals surface area contributed by atoms with Gasteiger partial charge in [-0.1, -0.05) is 32.4 Å². The van der Waals surface area contributed by atoms with E-state index in [1.807, 2.05) is 17.6 Å². The number of aromatic nitrogens is 2. The Bertz CT molecular complexity index is 1400. The summed E-state index contributed by atoms with van der Waals surface area (Å²) in [6.07, 6.45) is 1.35. The van der Waals surface area contributed by atoms with Gasteiger partial charge in [-0.05, 0) is 60.3 Å². The van der Waals surface area contributed by atoms with Crippen molar-refractivity contribution in [2.45, 2.75) is 63.6 Å². The maximum atomic E-state index is 14.0. The van der Waals surface area contributed by atoms with Crippen molar-refractivity contribution in [1.82, 2.24) is 19.4 Å². The Labute approximate surface area is 252 Å². The summed E-state index contributed by atoms with van der Waals surface area (Å²) in [5.74, 6) is 1.36. The van der Waals surface area contributed by atoms with Crippen LogP contribution in [-0.4, -0.2) is 94.3 Å². The van der Waals surface area contributed by atoms with E-state index in [9.17, 15) is 14.7 Å². The molecule has 1 spiro atoms. The number of carboxylic acid groups (broad SMARTS) is 1. The Morgan fingerprint density at radius 1 is 1.27 bits per heavy atom. The normalized spacial score (nSPS) is 26.8. The fourth-order valence-corrected chi connectivity index (χ4v) is 8.94. The lowest BCUT2D eigenvalue weighted by Gasteiger charge is -2.51. The number of piperidine rings is 1. The van der Waals surface area contributed by atoms with Crippen molar-refractivity contribution in [3.63, 3.8) is 0 Å². The fraction of sp³-hybridized carbons (Fsp3) is 0.679. The van der Waals surface area contributed by atoms with E-state index in [1.165, 1.54) is 4.90 Å². The Morgan fingerprint density at radius 3 is 2.58 bits per heavy atom. The summed E-state index contributed by atoms with van der Waals surface area (Å²) in [6, 6.07) is 1.57. The van der Waals surface area contributed by atoms with E-state index in [1.54, 1.807) is 11.8 Å². The quantitative estimate of drug-likeness (QED) is 0.485. The third-order valence-corrected chi connectivity index (χ3v) is 12.1. The number of piperazine rings is 1. The first-order valence-electron chi connectivity index (χ1n) is 14.0. The van der Waals surface area contributed by atoms with Gasteiger partial charge in [-0.2, -0.15) is 4.98 Å². The summed E-state index contributed by atoms with van der Waals surface area (Å²) >= 11 is 12.2. The highest BCUT2D eigenvalue weighted by atomic mass is 79.9. The van der Waals surface area contributed by atoms with Crippen LogP contribution >= 0.6 is 39.3 Å². The summed E-state index contributed by atoms with van der Waals surface area (Å²) in [4.78, 5) is 37.8. The van der Waals surface area contributed by atoms with Crippen LogP contribution in [0.25, 0.3) is 10.9 Å². The van der Waals surface area contributed by atoms with Crippen LogP contribution < -0.4 is 10.6 Å². The van der Waals surface area contributed by atoms with E-state index in [2.05, 4.69) is 46.5 Å². The third-order valence-electron chi connectivity index (χ3n) is 9.23. The molecule has 1 aromatic heterocycles. The van der Waals surface area contributed by atoms with Crippen LogP contribution in [0, 0.1) is 10.8 Å². The van der Waals surface area contributed by atoms with Crippen LogP contribution in [-0.2, 0) is 4.74 Å². The number of nitrogens with zero attached hydrogens (tertiary/aromatic N) is 5. The third kappa shape index (κ3) is 4.83. The van der Waals surface area contributed by atoms with Crippen LogP contribution in [0.3, 0.4) is 0 Å². The SMILES string of the molecule is CC1CN(C(=O)O)CC(C(C)(C)C)N1c1nc(=O)n2c3c(c(Br)c(Cl)cc13)SC[C@@H]2CN1CCC2(CC1)COC2. The average molecular weight is 655 g/mol. The van der Waals surface area contributed by atoms with E-state index in [4.69, 9.17) is 21.3 Å². The molecule has 6 rings (SSSR count). The van der Waals surface area contributed by atoms with Crippen LogP contribution in [0.1, 0.15) is 46.6 Å². The average Bonchev–Trinajstić information content (AvgIpc) is 2.87. The van der Waals surface area contributed by atoms with Gasteiger partial charge in [0.05, 0.1) is 40.3 Å². The maximum Gasteiger partial charge on any atom is 0.407 e. The lowest BCUT2D eigenvalue weighted by Crippen LogP contribution is -2.63. The van der Waals surface area contributed by atoms with Crippen molar-refractivity contribution < 1.29 is 14.6 Å². The second kappa shape index (κ2) is 10.3. The summed E-state index contributed by atoms with van der Waals surface area (Å²) in [6.45, 7) is 13.6. The second-order valence-corrected chi connectivity index (χ2v) is 15.3. The fourth-order valence-electron chi connectivity index (χ4n) is 6.84. The highest BCUT2D eigenvalue weighted by Gasteiger charge is 2.44. The number of carbonyl (C=O) groups is 1. The number of anilines is 1. The smallest absolute Gasteiger partial charge is 0.407 e. The molecular formula is C28H37BrClN5O4S. The minimum Gasteiger partial charge on any atom is -0.465 e. The predicted molar refractivity (Wildman–Crippen MR) is 162 cm³/mol. The monoisotopic (exact) mass is 653 g/mol. The molecule has 3 atom stereocenters. The molecule has 0 radical (unpaired) electrons. The molecule has 218 valence electrons. The minimum atomic E-state index is -0.926. The van der Waals surface area contributed by atoms with Crippen molar-refractivity contribution in [2.24, 2.45) is 10.8 Å². The Hall–Kier alpha value is -1.53. The maximum absolute atomic E-state index is 14.0. The first-order valence-corrected chi connectivity index (χ1v) is 16.2. The number of amides is 1. The van der Waals surface area contributed by atoms with Gasteiger partial charge in [-0.15, -0.1) is 11.8 Å². The highest BCUT2D eigenvalue weighted by Crippen LogP contribution is 2.47. The van der Waals surface area contributed by atoms with Crippen LogP contribution in [0.4, 0.5) is 10.6 Å². The van der Waals surface area contributed by atoms with Gasteiger partial charge in [0, 0.05) is 47.1 Å². The number of hydrogen-bond donors (Lipinski definition) is 1. The number of benzene rings is 1. The predicted octanol–water partition coefficient (Wildman–Crippen LogP) is 5.17. The Balaban J connectivity index is 1.43. The van der Waals surface area contributed by atoms with Crippen molar-refractivity contribution in [2.75, 3.05) is 56.6 Å². The van der Waals surface area contributed by atoms with Gasteiger partial charge < -0.3 is 24.5 Å². The zero-order valence-corrected chi connectivity index (χ0v) is 26.6. The molecular weight excluding hydrogens is 618 g/mol. The molecule has 3 saturated heterocycles. The van der Waals surface area contributed by atoms with Crippen molar-refractivity contribution in [3.05, 3.63) is 26.0 Å². The second-order valence-electron chi connectivity index (χ2n) is 13.1. The molecule has 2 unspecified atom stereocenters. The molecule has 0 aliphatic carbocycles. The molecule has 4 aliphatic heterocycles. The van der Waals surface area contributed by atoms with Crippen LogP contribution in [0.15, 0.2) is 20.2 Å².